The number of benzene rings is 2. The van der Waals surface area contributed by atoms with Crippen molar-refractivity contribution < 1.29 is 14.6 Å². The Morgan fingerprint density at radius 1 is 1.11 bits per heavy atom. The van der Waals surface area contributed by atoms with Crippen molar-refractivity contribution in [2.75, 3.05) is 6.61 Å². The number of hydrogen-bond acceptors (Lipinski definition) is 8. The van der Waals surface area contributed by atoms with E-state index in [0.717, 1.165) is 16.5 Å². The Bertz CT molecular complexity index is 2480. The van der Waals surface area contributed by atoms with Crippen molar-refractivity contribution in [3.05, 3.63) is 110 Å². The van der Waals surface area contributed by atoms with Crippen LogP contribution in [0.25, 0.3) is 49.0 Å². The predicted molar refractivity (Wildman–Crippen MR) is 177 cm³/mol. The van der Waals surface area contributed by atoms with Gasteiger partial charge in [0.2, 0.25) is 0 Å². The maximum Gasteiger partial charge on any atom is 0.338 e. The predicted octanol–water partition coefficient (Wildman–Crippen LogP) is 6.93. The minimum atomic E-state index is -1.05. The molecule has 0 aliphatic rings. The number of aryl methyl sites for hydroxylation is 2. The SMILES string of the molecule is Cc1cc(-c2cc(Cl)ccc2OCCn2c(C)nc3cnc(-n4ccc5ccccc54)c(C#N)c3c2=O)c2scc(C(=O)O)c2n1. The molecule has 0 aliphatic heterocycles. The van der Waals surface area contributed by atoms with Crippen molar-refractivity contribution in [1.82, 2.24) is 24.1 Å². The van der Waals surface area contributed by atoms with Crippen LogP contribution in [-0.4, -0.2) is 41.8 Å². The quantitative estimate of drug-likeness (QED) is 0.197. The van der Waals surface area contributed by atoms with E-state index < -0.39 is 5.97 Å². The van der Waals surface area contributed by atoms with Crippen LogP contribution in [0.1, 0.15) is 27.4 Å². The highest BCUT2D eigenvalue weighted by atomic mass is 35.5. The van der Waals surface area contributed by atoms with Crippen LogP contribution < -0.4 is 10.3 Å². The van der Waals surface area contributed by atoms with Gasteiger partial charge in [0.1, 0.15) is 29.8 Å². The van der Waals surface area contributed by atoms with Crippen LogP contribution in [0.4, 0.5) is 0 Å². The Morgan fingerprint density at radius 3 is 2.74 bits per heavy atom. The van der Waals surface area contributed by atoms with Gasteiger partial charge in [-0.3, -0.25) is 14.3 Å². The molecule has 7 rings (SSSR count). The molecule has 0 amide bonds. The summed E-state index contributed by atoms with van der Waals surface area (Å²) in [5, 5.41) is 23.1. The van der Waals surface area contributed by atoms with Gasteiger partial charge in [0.15, 0.2) is 5.82 Å². The Morgan fingerprint density at radius 2 is 1.93 bits per heavy atom. The van der Waals surface area contributed by atoms with E-state index in [1.165, 1.54) is 22.1 Å². The molecular weight excluding hydrogens is 624 g/mol. The molecule has 0 bridgehead atoms. The zero-order chi connectivity index (χ0) is 32.1. The van der Waals surface area contributed by atoms with Gasteiger partial charge in [-0.1, -0.05) is 29.8 Å². The number of carboxylic acid groups (broad SMARTS) is 1. The lowest BCUT2D eigenvalue weighted by Gasteiger charge is -2.16. The molecule has 12 heteroatoms. The molecule has 0 aliphatic carbocycles. The van der Waals surface area contributed by atoms with Gasteiger partial charge in [0, 0.05) is 33.4 Å². The first-order valence-electron chi connectivity index (χ1n) is 14.2. The standard InChI is InChI=1S/C34H23ClN6O4S/c1-18-13-23(31-30(38-18)25(17-46-31)34(43)44)22-14-21(35)7-8-28(22)45-12-11-40-19(2)39-26-16-37-32(24(15-36)29(26)33(40)42)41-10-9-20-5-3-4-6-27(20)41/h3-10,13-14,16-17H,11-12H2,1-2H3,(H,43,44). The Balaban J connectivity index is 1.25. The Kier molecular flexibility index (Phi) is 7.23. The van der Waals surface area contributed by atoms with Gasteiger partial charge in [-0.05, 0) is 55.6 Å². The first-order chi connectivity index (χ1) is 22.2. The number of aromatic nitrogens is 5. The van der Waals surface area contributed by atoms with E-state index in [-0.39, 0.29) is 35.2 Å². The second-order valence-electron chi connectivity index (χ2n) is 10.6. The van der Waals surface area contributed by atoms with Crippen molar-refractivity contribution in [3.63, 3.8) is 0 Å². The minimum absolute atomic E-state index is 0.0999. The number of aromatic carboxylic acids is 1. The molecule has 5 heterocycles. The number of thiophene rings is 1. The fourth-order valence-electron chi connectivity index (χ4n) is 5.70. The van der Waals surface area contributed by atoms with Crippen LogP contribution in [-0.2, 0) is 6.54 Å². The minimum Gasteiger partial charge on any atom is -0.491 e. The summed E-state index contributed by atoms with van der Waals surface area (Å²) in [6.07, 6.45) is 3.35. The van der Waals surface area contributed by atoms with Crippen LogP contribution >= 0.6 is 22.9 Å². The van der Waals surface area contributed by atoms with Crippen LogP contribution in [0.15, 0.2) is 77.2 Å². The largest absolute Gasteiger partial charge is 0.491 e. The molecule has 0 saturated carbocycles. The van der Waals surface area contributed by atoms with Crippen molar-refractivity contribution in [2.24, 2.45) is 0 Å². The number of fused-ring (bicyclic) bond motifs is 3. The lowest BCUT2D eigenvalue weighted by Crippen LogP contribution is -2.27. The van der Waals surface area contributed by atoms with E-state index in [9.17, 15) is 20.0 Å². The van der Waals surface area contributed by atoms with Crippen LogP contribution in [0.2, 0.25) is 5.02 Å². The van der Waals surface area contributed by atoms with E-state index in [4.69, 9.17) is 16.3 Å². The summed E-state index contributed by atoms with van der Waals surface area (Å²) in [7, 11) is 0. The number of pyridine rings is 2. The molecule has 7 aromatic rings. The van der Waals surface area contributed by atoms with Crippen molar-refractivity contribution in [3.8, 4) is 28.8 Å². The fraction of sp³-hybridized carbons (Fsp3) is 0.118. The summed E-state index contributed by atoms with van der Waals surface area (Å²) in [6.45, 7) is 3.77. The first kappa shape index (κ1) is 29.2. The lowest BCUT2D eigenvalue weighted by atomic mass is 10.0. The first-order valence-corrected chi connectivity index (χ1v) is 15.4. The number of halogens is 1. The van der Waals surface area contributed by atoms with E-state index in [2.05, 4.69) is 21.0 Å². The summed E-state index contributed by atoms with van der Waals surface area (Å²) >= 11 is 7.69. The summed E-state index contributed by atoms with van der Waals surface area (Å²) in [6, 6.07) is 18.9. The van der Waals surface area contributed by atoms with Crippen molar-refractivity contribution >= 4 is 60.9 Å². The average Bonchev–Trinajstić information content (AvgIpc) is 3.67. The molecule has 10 nitrogen and oxygen atoms in total. The van der Waals surface area contributed by atoms with Gasteiger partial charge in [-0.2, -0.15) is 5.26 Å². The van der Waals surface area contributed by atoms with E-state index >= 15 is 0 Å². The highest BCUT2D eigenvalue weighted by molar-refractivity contribution is 7.18. The number of carboxylic acids is 1. The topological polar surface area (TPSA) is 136 Å². The number of rotatable bonds is 7. The third kappa shape index (κ3) is 4.84. The van der Waals surface area contributed by atoms with Crippen LogP contribution in [0.5, 0.6) is 5.75 Å². The molecule has 0 fully saturated rings. The normalized spacial score (nSPS) is 11.3. The molecule has 0 atom stereocenters. The second-order valence-corrected chi connectivity index (χ2v) is 11.9. The highest BCUT2D eigenvalue weighted by Gasteiger charge is 2.21. The highest BCUT2D eigenvalue weighted by Crippen LogP contribution is 2.40. The van der Waals surface area contributed by atoms with Crippen molar-refractivity contribution in [2.45, 2.75) is 20.4 Å². The third-order valence-electron chi connectivity index (χ3n) is 7.80. The van der Waals surface area contributed by atoms with Crippen LogP contribution in [0, 0.1) is 25.2 Å². The van der Waals surface area contributed by atoms with E-state index in [0.29, 0.717) is 49.4 Å². The van der Waals surface area contributed by atoms with E-state index in [1.54, 1.807) is 42.0 Å². The molecule has 0 radical (unpaired) electrons. The number of carbonyl (C=O) groups is 1. The smallest absolute Gasteiger partial charge is 0.338 e. The molecule has 226 valence electrons. The number of ether oxygens (including phenoxy) is 1. The van der Waals surface area contributed by atoms with Crippen LogP contribution in [0.3, 0.4) is 0 Å². The molecule has 0 unspecified atom stereocenters. The summed E-state index contributed by atoms with van der Waals surface area (Å²) in [5.41, 5.74) is 3.57. The second kappa shape index (κ2) is 11.4. The van der Waals surface area contributed by atoms with Gasteiger partial charge < -0.3 is 14.4 Å². The molecule has 2 aromatic carbocycles. The molecule has 0 saturated heterocycles. The molecule has 0 spiro atoms. The van der Waals surface area contributed by atoms with Gasteiger partial charge in [0.05, 0.1) is 44.9 Å². The molecule has 46 heavy (non-hydrogen) atoms. The summed E-state index contributed by atoms with van der Waals surface area (Å²) < 4.78 is 10.2. The number of para-hydroxylation sites is 1. The zero-order valence-electron chi connectivity index (χ0n) is 24.5. The Hall–Kier alpha value is -5.57. The summed E-state index contributed by atoms with van der Waals surface area (Å²) in [4.78, 5) is 39.4. The molecule has 1 N–H and O–H groups in total. The average molecular weight is 647 g/mol. The Labute approximate surface area is 270 Å². The maximum absolute atomic E-state index is 13.9. The molecular formula is C34H23ClN6O4S. The van der Waals surface area contributed by atoms with Gasteiger partial charge in [0.25, 0.3) is 5.56 Å². The molecule has 5 aromatic heterocycles. The summed E-state index contributed by atoms with van der Waals surface area (Å²) in [5.74, 6) is 0.260. The third-order valence-corrected chi connectivity index (χ3v) is 9.03. The zero-order valence-corrected chi connectivity index (χ0v) is 26.1. The maximum atomic E-state index is 13.9. The van der Waals surface area contributed by atoms with Gasteiger partial charge >= 0.3 is 5.97 Å². The number of nitrogens with zero attached hydrogens (tertiary/aromatic N) is 6. The van der Waals surface area contributed by atoms with E-state index in [1.807, 2.05) is 42.6 Å². The number of nitriles is 1. The van der Waals surface area contributed by atoms with Gasteiger partial charge in [-0.15, -0.1) is 11.3 Å². The lowest BCUT2D eigenvalue weighted by molar-refractivity contribution is 0.0699. The number of hydrogen-bond donors (Lipinski definition) is 1. The fourth-order valence-corrected chi connectivity index (χ4v) is 6.89. The van der Waals surface area contributed by atoms with Gasteiger partial charge in [-0.25, -0.2) is 14.8 Å². The van der Waals surface area contributed by atoms with Crippen molar-refractivity contribution in [1.29, 1.82) is 5.26 Å². The monoisotopic (exact) mass is 646 g/mol.